The quantitative estimate of drug-likeness (QED) is 0.546. The largest absolute Gasteiger partial charge is 0.380 e. The number of nitrogens with one attached hydrogen (secondary N) is 2. The fourth-order valence-corrected chi connectivity index (χ4v) is 3.06. The Morgan fingerprint density at radius 3 is 3.00 bits per heavy atom. The second-order valence-electron chi connectivity index (χ2n) is 7.15. The Hall–Kier alpha value is -3.40. The number of carbonyl (C=O) groups excluding carboxylic acids is 1. The standard InChI is InChI=1S/C21H24N6O/c1-4-5-10-20-22-15-23-27(20)12-7-9-17-18(25-19(14-28)24-17)13-16-8-6-11-21(2,3)26-16/h1,6-8,11-12,14-15,26H,5,9-10,13H2,2-3H3,(H,24,25)/b12-7-. The van der Waals surface area contributed by atoms with Crippen LogP contribution in [0.15, 0.2) is 36.3 Å². The maximum absolute atomic E-state index is 11.2. The van der Waals surface area contributed by atoms with Crippen LogP contribution in [0.2, 0.25) is 0 Å². The summed E-state index contributed by atoms with van der Waals surface area (Å²) in [5.74, 6) is 3.76. The molecule has 0 amide bonds. The van der Waals surface area contributed by atoms with Gasteiger partial charge in [0.25, 0.3) is 0 Å². The Kier molecular flexibility index (Phi) is 5.90. The number of allylic oxidation sites excluding steroid dienone is 4. The number of carbonyl (C=O) groups is 1. The monoisotopic (exact) mass is 376 g/mol. The first-order valence-corrected chi connectivity index (χ1v) is 9.19. The van der Waals surface area contributed by atoms with Crippen LogP contribution in [0.25, 0.3) is 6.20 Å². The molecule has 3 rings (SSSR count). The fourth-order valence-electron chi connectivity index (χ4n) is 3.06. The van der Waals surface area contributed by atoms with Crippen LogP contribution in [0, 0.1) is 12.3 Å². The number of aromatic amines is 1. The number of aromatic nitrogens is 5. The Labute approximate surface area is 164 Å². The second kappa shape index (κ2) is 8.53. The highest BCUT2D eigenvalue weighted by molar-refractivity contribution is 5.69. The van der Waals surface area contributed by atoms with Crippen molar-refractivity contribution in [2.75, 3.05) is 0 Å². The number of rotatable bonds is 8. The minimum absolute atomic E-state index is 0.0977. The third-order valence-corrected chi connectivity index (χ3v) is 4.35. The molecule has 0 bridgehead atoms. The summed E-state index contributed by atoms with van der Waals surface area (Å²) in [6.45, 7) is 4.22. The number of aryl methyl sites for hydroxylation is 1. The van der Waals surface area contributed by atoms with Gasteiger partial charge >= 0.3 is 0 Å². The highest BCUT2D eigenvalue weighted by atomic mass is 16.1. The number of hydrogen-bond acceptors (Lipinski definition) is 5. The molecule has 0 radical (unpaired) electrons. The van der Waals surface area contributed by atoms with Crippen LogP contribution in [0.3, 0.4) is 0 Å². The Bertz CT molecular complexity index is 967. The molecule has 0 fully saturated rings. The van der Waals surface area contributed by atoms with Crippen LogP contribution >= 0.6 is 0 Å². The summed E-state index contributed by atoms with van der Waals surface area (Å²) in [6.07, 6.45) is 20.1. The number of hydrogen-bond donors (Lipinski definition) is 2. The first-order chi connectivity index (χ1) is 13.5. The van der Waals surface area contributed by atoms with Gasteiger partial charge in [0.05, 0.1) is 5.69 Å². The molecule has 28 heavy (non-hydrogen) atoms. The molecule has 3 heterocycles. The summed E-state index contributed by atoms with van der Waals surface area (Å²) in [5.41, 5.74) is 2.73. The number of imidazole rings is 1. The Morgan fingerprint density at radius 1 is 1.39 bits per heavy atom. The topological polar surface area (TPSA) is 88.5 Å². The van der Waals surface area contributed by atoms with Crippen molar-refractivity contribution in [1.82, 2.24) is 30.0 Å². The molecule has 144 valence electrons. The fraction of sp³-hybridized carbons (Fsp3) is 0.333. The molecule has 0 saturated heterocycles. The van der Waals surface area contributed by atoms with E-state index >= 15 is 0 Å². The van der Waals surface area contributed by atoms with E-state index in [2.05, 4.69) is 51.2 Å². The van der Waals surface area contributed by atoms with Gasteiger partial charge in [0.15, 0.2) is 12.1 Å². The predicted octanol–water partition coefficient (Wildman–Crippen LogP) is 2.46. The number of aldehydes is 1. The average molecular weight is 376 g/mol. The molecule has 0 atom stereocenters. The summed E-state index contributed by atoms with van der Waals surface area (Å²) in [5, 5.41) is 7.68. The molecule has 2 aromatic rings. The van der Waals surface area contributed by atoms with E-state index in [1.165, 1.54) is 6.33 Å². The van der Waals surface area contributed by atoms with E-state index in [-0.39, 0.29) is 5.54 Å². The normalized spacial score (nSPS) is 15.2. The average Bonchev–Trinajstić information content (AvgIpc) is 3.26. The lowest BCUT2D eigenvalue weighted by molar-refractivity contribution is 0.111. The van der Waals surface area contributed by atoms with Crippen molar-refractivity contribution in [1.29, 1.82) is 0 Å². The Morgan fingerprint density at radius 2 is 2.25 bits per heavy atom. The van der Waals surface area contributed by atoms with Crippen molar-refractivity contribution in [3.05, 3.63) is 59.4 Å². The molecule has 0 aliphatic carbocycles. The van der Waals surface area contributed by atoms with E-state index in [0.29, 0.717) is 31.5 Å². The van der Waals surface area contributed by atoms with Crippen molar-refractivity contribution in [3.63, 3.8) is 0 Å². The lowest BCUT2D eigenvalue weighted by Crippen LogP contribution is -2.38. The van der Waals surface area contributed by atoms with Crippen molar-refractivity contribution in [2.24, 2.45) is 0 Å². The minimum atomic E-state index is -0.0977. The van der Waals surface area contributed by atoms with Gasteiger partial charge in [-0.05, 0) is 19.9 Å². The highest BCUT2D eigenvalue weighted by Crippen LogP contribution is 2.18. The zero-order valence-electron chi connectivity index (χ0n) is 16.1. The molecule has 0 unspecified atom stereocenters. The van der Waals surface area contributed by atoms with Gasteiger partial charge in [-0.3, -0.25) is 4.79 Å². The number of terminal acetylenes is 1. The summed E-state index contributed by atoms with van der Waals surface area (Å²) >= 11 is 0. The van der Waals surface area contributed by atoms with Crippen LogP contribution in [0.1, 0.15) is 48.1 Å². The van der Waals surface area contributed by atoms with Crippen molar-refractivity contribution in [2.45, 2.75) is 45.1 Å². The highest BCUT2D eigenvalue weighted by Gasteiger charge is 2.19. The van der Waals surface area contributed by atoms with Crippen molar-refractivity contribution in [3.8, 4) is 12.3 Å². The lowest BCUT2D eigenvalue weighted by Gasteiger charge is -2.28. The third kappa shape index (κ3) is 4.86. The van der Waals surface area contributed by atoms with Gasteiger partial charge in [-0.2, -0.15) is 5.10 Å². The van der Waals surface area contributed by atoms with Crippen molar-refractivity contribution >= 4 is 12.5 Å². The number of nitrogens with zero attached hydrogens (tertiary/aromatic N) is 4. The zero-order valence-corrected chi connectivity index (χ0v) is 16.1. The molecular formula is C21H24N6O. The van der Waals surface area contributed by atoms with Gasteiger partial charge in [0.1, 0.15) is 12.2 Å². The zero-order chi connectivity index (χ0) is 20.0. The van der Waals surface area contributed by atoms with E-state index in [9.17, 15) is 4.79 Å². The molecule has 2 N–H and O–H groups in total. The van der Waals surface area contributed by atoms with Crippen LogP contribution < -0.4 is 5.32 Å². The second-order valence-corrected chi connectivity index (χ2v) is 7.15. The third-order valence-electron chi connectivity index (χ3n) is 4.35. The van der Waals surface area contributed by atoms with E-state index in [0.717, 1.165) is 29.2 Å². The molecule has 2 aromatic heterocycles. The molecule has 0 aromatic carbocycles. The van der Waals surface area contributed by atoms with Crippen LogP contribution in [0.5, 0.6) is 0 Å². The molecule has 0 spiro atoms. The summed E-state index contributed by atoms with van der Waals surface area (Å²) in [4.78, 5) is 22.9. The smallest absolute Gasteiger partial charge is 0.185 e. The van der Waals surface area contributed by atoms with E-state index in [4.69, 9.17) is 6.42 Å². The summed E-state index contributed by atoms with van der Waals surface area (Å²) < 4.78 is 1.71. The minimum Gasteiger partial charge on any atom is -0.380 e. The molecule has 1 aliphatic heterocycles. The van der Waals surface area contributed by atoms with Crippen molar-refractivity contribution < 1.29 is 4.79 Å². The number of dihydropyridines is 1. The van der Waals surface area contributed by atoms with Gasteiger partial charge in [0.2, 0.25) is 0 Å². The molecule has 0 saturated carbocycles. The lowest BCUT2D eigenvalue weighted by atomic mass is 9.99. The van der Waals surface area contributed by atoms with Crippen LogP contribution in [-0.4, -0.2) is 36.6 Å². The van der Waals surface area contributed by atoms with Crippen LogP contribution in [0.4, 0.5) is 0 Å². The molecule has 7 heteroatoms. The molecular weight excluding hydrogens is 352 g/mol. The van der Waals surface area contributed by atoms with E-state index in [1.807, 2.05) is 24.4 Å². The van der Waals surface area contributed by atoms with Crippen LogP contribution in [-0.2, 0) is 19.3 Å². The SMILES string of the molecule is C#CCCc1ncnn1/C=C\Cc1nc(C=O)[nH]c1CC1=CC=CC(C)(C)N1. The predicted molar refractivity (Wildman–Crippen MR) is 108 cm³/mol. The van der Waals surface area contributed by atoms with E-state index in [1.54, 1.807) is 4.68 Å². The van der Waals surface area contributed by atoms with E-state index < -0.39 is 0 Å². The Balaban J connectivity index is 1.72. The van der Waals surface area contributed by atoms with Gasteiger partial charge in [-0.25, -0.2) is 14.6 Å². The maximum Gasteiger partial charge on any atom is 0.185 e. The van der Waals surface area contributed by atoms with Gasteiger partial charge < -0.3 is 10.3 Å². The van der Waals surface area contributed by atoms with Gasteiger partial charge in [-0.15, -0.1) is 12.3 Å². The van der Waals surface area contributed by atoms with Gasteiger partial charge in [0, 0.05) is 48.8 Å². The first-order valence-electron chi connectivity index (χ1n) is 9.19. The first kappa shape index (κ1) is 19.4. The molecule has 1 aliphatic rings. The maximum atomic E-state index is 11.2. The summed E-state index contributed by atoms with van der Waals surface area (Å²) in [7, 11) is 0. The molecule has 7 nitrogen and oxygen atoms in total. The van der Waals surface area contributed by atoms with Gasteiger partial charge in [-0.1, -0.05) is 18.2 Å². The summed E-state index contributed by atoms with van der Waals surface area (Å²) in [6, 6.07) is 0. The number of H-pyrrole nitrogens is 1.